The summed E-state index contributed by atoms with van der Waals surface area (Å²) in [5.41, 5.74) is 3.16. The Morgan fingerprint density at radius 3 is 2.71 bits per heavy atom. The van der Waals surface area contributed by atoms with Crippen LogP contribution in [0, 0.1) is 18.7 Å². The van der Waals surface area contributed by atoms with Crippen LogP contribution >= 0.6 is 15.9 Å². The first-order valence-electron chi connectivity index (χ1n) is 7.32. The van der Waals surface area contributed by atoms with Crippen molar-refractivity contribution in [3.63, 3.8) is 0 Å². The Morgan fingerprint density at radius 1 is 1.19 bits per heavy atom. The van der Waals surface area contributed by atoms with Crippen LogP contribution in [0.15, 0.2) is 46.9 Å². The standard InChI is InChI=1S/C18H19BrFN/c1-13-5-6-16(18(20)7-13)12-21-10-15(11-21)8-14-3-2-4-17(19)9-14/h2-7,9,15H,8,10-12H2,1H3. The Balaban J connectivity index is 1.52. The maximum absolute atomic E-state index is 13.8. The second-order valence-electron chi connectivity index (χ2n) is 5.99. The molecule has 21 heavy (non-hydrogen) atoms. The molecule has 3 rings (SSSR count). The van der Waals surface area contributed by atoms with Crippen LogP contribution in [0.25, 0.3) is 0 Å². The first kappa shape index (κ1) is 14.7. The summed E-state index contributed by atoms with van der Waals surface area (Å²) < 4.78 is 15.0. The molecule has 1 aliphatic heterocycles. The van der Waals surface area contributed by atoms with E-state index in [9.17, 15) is 4.39 Å². The molecule has 0 N–H and O–H groups in total. The van der Waals surface area contributed by atoms with Crippen LogP contribution in [0.5, 0.6) is 0 Å². The van der Waals surface area contributed by atoms with Crippen LogP contribution < -0.4 is 0 Å². The smallest absolute Gasteiger partial charge is 0.127 e. The van der Waals surface area contributed by atoms with E-state index >= 15 is 0 Å². The van der Waals surface area contributed by atoms with E-state index in [4.69, 9.17) is 0 Å². The summed E-state index contributed by atoms with van der Waals surface area (Å²) in [5.74, 6) is 0.609. The summed E-state index contributed by atoms with van der Waals surface area (Å²) in [5, 5.41) is 0. The zero-order chi connectivity index (χ0) is 14.8. The van der Waals surface area contributed by atoms with Crippen molar-refractivity contribution in [3.8, 4) is 0 Å². The lowest BCUT2D eigenvalue weighted by Crippen LogP contribution is -2.46. The molecule has 2 aromatic carbocycles. The molecular formula is C18H19BrFN. The molecular weight excluding hydrogens is 329 g/mol. The average Bonchev–Trinajstić information content (AvgIpc) is 2.39. The molecule has 0 aliphatic carbocycles. The Kier molecular flexibility index (Phi) is 4.41. The van der Waals surface area contributed by atoms with E-state index in [0.717, 1.165) is 41.7 Å². The highest BCUT2D eigenvalue weighted by Crippen LogP contribution is 2.24. The van der Waals surface area contributed by atoms with Gasteiger partial charge in [0.25, 0.3) is 0 Å². The van der Waals surface area contributed by atoms with E-state index in [2.05, 4.69) is 45.1 Å². The van der Waals surface area contributed by atoms with Crippen LogP contribution in [-0.2, 0) is 13.0 Å². The summed E-state index contributed by atoms with van der Waals surface area (Å²) in [6.45, 7) is 4.76. The zero-order valence-corrected chi connectivity index (χ0v) is 13.7. The van der Waals surface area contributed by atoms with Crippen molar-refractivity contribution in [2.75, 3.05) is 13.1 Å². The number of halogens is 2. The second kappa shape index (κ2) is 6.29. The maximum Gasteiger partial charge on any atom is 0.127 e. The van der Waals surface area contributed by atoms with E-state index in [1.165, 1.54) is 5.56 Å². The van der Waals surface area contributed by atoms with Gasteiger partial charge in [0.05, 0.1) is 0 Å². The van der Waals surface area contributed by atoms with Crippen molar-refractivity contribution in [1.82, 2.24) is 4.90 Å². The van der Waals surface area contributed by atoms with E-state index < -0.39 is 0 Å². The molecule has 0 bridgehead atoms. The molecule has 1 fully saturated rings. The third kappa shape index (κ3) is 3.72. The molecule has 0 aromatic heterocycles. The highest BCUT2D eigenvalue weighted by Gasteiger charge is 2.27. The lowest BCUT2D eigenvalue weighted by molar-refractivity contribution is 0.0913. The lowest BCUT2D eigenvalue weighted by Gasteiger charge is -2.39. The van der Waals surface area contributed by atoms with Crippen molar-refractivity contribution >= 4 is 15.9 Å². The highest BCUT2D eigenvalue weighted by molar-refractivity contribution is 9.10. The first-order valence-corrected chi connectivity index (χ1v) is 8.11. The molecule has 110 valence electrons. The Morgan fingerprint density at radius 2 is 2.00 bits per heavy atom. The monoisotopic (exact) mass is 347 g/mol. The fraction of sp³-hybridized carbons (Fsp3) is 0.333. The largest absolute Gasteiger partial charge is 0.298 e. The summed E-state index contributed by atoms with van der Waals surface area (Å²) >= 11 is 3.51. The topological polar surface area (TPSA) is 3.24 Å². The van der Waals surface area contributed by atoms with Crippen LogP contribution in [0.3, 0.4) is 0 Å². The molecule has 0 amide bonds. The normalized spacial score (nSPS) is 16.0. The molecule has 3 heteroatoms. The van der Waals surface area contributed by atoms with Crippen LogP contribution in [0.2, 0.25) is 0 Å². The first-order chi connectivity index (χ1) is 10.1. The predicted molar refractivity (Wildman–Crippen MR) is 87.8 cm³/mol. The van der Waals surface area contributed by atoms with Gasteiger partial charge in [-0.2, -0.15) is 0 Å². The number of benzene rings is 2. The number of rotatable bonds is 4. The number of likely N-dealkylation sites (tertiary alicyclic amines) is 1. The van der Waals surface area contributed by atoms with Gasteiger partial charge < -0.3 is 0 Å². The SMILES string of the molecule is Cc1ccc(CN2CC(Cc3cccc(Br)c3)C2)c(F)c1. The summed E-state index contributed by atoms with van der Waals surface area (Å²) in [6.07, 6.45) is 1.10. The minimum atomic E-state index is -0.0783. The van der Waals surface area contributed by atoms with E-state index in [-0.39, 0.29) is 5.82 Å². The van der Waals surface area contributed by atoms with Gasteiger partial charge >= 0.3 is 0 Å². The quantitative estimate of drug-likeness (QED) is 0.782. The Hall–Kier alpha value is -1.19. The molecule has 0 spiro atoms. The van der Waals surface area contributed by atoms with Gasteiger partial charge in [0.2, 0.25) is 0 Å². The molecule has 0 saturated carbocycles. The molecule has 1 saturated heterocycles. The predicted octanol–water partition coefficient (Wildman–Crippen LogP) is 4.57. The van der Waals surface area contributed by atoms with Gasteiger partial charge in [0.15, 0.2) is 0 Å². The molecule has 1 heterocycles. The molecule has 0 unspecified atom stereocenters. The van der Waals surface area contributed by atoms with Crippen molar-refractivity contribution < 1.29 is 4.39 Å². The summed E-state index contributed by atoms with van der Waals surface area (Å²) in [4.78, 5) is 2.32. The summed E-state index contributed by atoms with van der Waals surface area (Å²) in [7, 11) is 0. The highest BCUT2D eigenvalue weighted by atomic mass is 79.9. The van der Waals surface area contributed by atoms with Gasteiger partial charge in [-0.05, 0) is 48.6 Å². The van der Waals surface area contributed by atoms with Gasteiger partial charge in [-0.3, -0.25) is 4.90 Å². The molecule has 0 atom stereocenters. The van der Waals surface area contributed by atoms with Crippen molar-refractivity contribution in [1.29, 1.82) is 0 Å². The van der Waals surface area contributed by atoms with Gasteiger partial charge in [0.1, 0.15) is 5.82 Å². The van der Waals surface area contributed by atoms with Crippen molar-refractivity contribution in [2.45, 2.75) is 19.9 Å². The van der Waals surface area contributed by atoms with Gasteiger partial charge in [-0.25, -0.2) is 4.39 Å². The lowest BCUT2D eigenvalue weighted by atomic mass is 9.91. The van der Waals surface area contributed by atoms with Crippen molar-refractivity contribution in [3.05, 3.63) is 69.4 Å². The fourth-order valence-corrected chi connectivity index (χ4v) is 3.40. The van der Waals surface area contributed by atoms with E-state index in [0.29, 0.717) is 5.92 Å². The third-order valence-corrected chi connectivity index (χ3v) is 4.54. The minimum absolute atomic E-state index is 0.0783. The molecule has 0 radical (unpaired) electrons. The number of aryl methyl sites for hydroxylation is 1. The second-order valence-corrected chi connectivity index (χ2v) is 6.90. The minimum Gasteiger partial charge on any atom is -0.298 e. The van der Waals surface area contributed by atoms with Crippen LogP contribution in [0.1, 0.15) is 16.7 Å². The van der Waals surface area contributed by atoms with Gasteiger partial charge in [-0.15, -0.1) is 0 Å². The Bertz CT molecular complexity index is 635. The third-order valence-electron chi connectivity index (χ3n) is 4.05. The molecule has 2 aromatic rings. The zero-order valence-electron chi connectivity index (χ0n) is 12.2. The summed E-state index contributed by atoms with van der Waals surface area (Å²) in [6, 6.07) is 14.0. The molecule has 1 aliphatic rings. The van der Waals surface area contributed by atoms with Crippen molar-refractivity contribution in [2.24, 2.45) is 5.92 Å². The van der Waals surface area contributed by atoms with Crippen LogP contribution in [-0.4, -0.2) is 18.0 Å². The molecule has 1 nitrogen and oxygen atoms in total. The number of nitrogens with zero attached hydrogens (tertiary/aromatic N) is 1. The number of hydrogen-bond acceptors (Lipinski definition) is 1. The van der Waals surface area contributed by atoms with Crippen LogP contribution in [0.4, 0.5) is 4.39 Å². The average molecular weight is 348 g/mol. The van der Waals surface area contributed by atoms with Gasteiger partial charge in [0, 0.05) is 29.7 Å². The Labute approximate surface area is 133 Å². The van der Waals surface area contributed by atoms with E-state index in [1.807, 2.05) is 19.1 Å². The van der Waals surface area contributed by atoms with Gasteiger partial charge in [-0.1, -0.05) is 40.2 Å². The number of hydrogen-bond donors (Lipinski definition) is 0. The van der Waals surface area contributed by atoms with E-state index in [1.54, 1.807) is 6.07 Å². The maximum atomic E-state index is 13.8. The fourth-order valence-electron chi connectivity index (χ4n) is 2.95.